The Balaban J connectivity index is 2.00. The predicted molar refractivity (Wildman–Crippen MR) is 91.4 cm³/mol. The summed E-state index contributed by atoms with van der Waals surface area (Å²) in [6.45, 7) is 0.104. The molecule has 0 fully saturated rings. The van der Waals surface area contributed by atoms with E-state index in [0.717, 1.165) is 11.6 Å². The molecule has 0 aliphatic heterocycles. The fraction of sp³-hybridized carbons (Fsp3) is 0.167. The lowest BCUT2D eigenvalue weighted by Crippen LogP contribution is -2.09. The minimum Gasteiger partial charge on any atom is -0.497 e. The number of halogens is 3. The highest BCUT2D eigenvalue weighted by atomic mass is 19.4. The average Bonchev–Trinajstić information content (AvgIpc) is 3.06. The fourth-order valence-electron chi connectivity index (χ4n) is 2.57. The molecule has 0 unspecified atom stereocenters. The molecule has 9 heteroatoms. The van der Waals surface area contributed by atoms with Crippen LogP contribution in [0.4, 0.5) is 18.9 Å². The van der Waals surface area contributed by atoms with Crippen molar-refractivity contribution in [1.29, 1.82) is 0 Å². The summed E-state index contributed by atoms with van der Waals surface area (Å²) in [5, 5.41) is 14.5. The van der Waals surface area contributed by atoms with Crippen LogP contribution in [0.15, 0.2) is 54.6 Å². The Morgan fingerprint density at radius 2 is 1.74 bits per heavy atom. The molecule has 3 aromatic rings. The molecule has 6 nitrogen and oxygen atoms in total. The first-order chi connectivity index (χ1) is 12.8. The number of methoxy groups -OCH3 is 1. The Labute approximate surface area is 152 Å². The third kappa shape index (κ3) is 4.08. The Kier molecular flexibility index (Phi) is 4.85. The molecule has 27 heavy (non-hydrogen) atoms. The smallest absolute Gasteiger partial charge is 0.435 e. The quantitative estimate of drug-likeness (QED) is 0.484. The van der Waals surface area contributed by atoms with Gasteiger partial charge in [0.1, 0.15) is 5.75 Å². The molecule has 0 radical (unpaired) electrons. The van der Waals surface area contributed by atoms with Crippen molar-refractivity contribution in [2.24, 2.45) is 0 Å². The molecule has 3 rings (SSSR count). The minimum atomic E-state index is -4.60. The maximum Gasteiger partial charge on any atom is 0.435 e. The van der Waals surface area contributed by atoms with Crippen LogP contribution < -0.4 is 4.74 Å². The number of aromatic nitrogens is 2. The highest BCUT2D eigenvalue weighted by molar-refractivity contribution is 5.62. The molecule has 0 aliphatic carbocycles. The monoisotopic (exact) mass is 377 g/mol. The minimum absolute atomic E-state index is 0.104. The number of alkyl halides is 3. The molecule has 0 saturated carbocycles. The summed E-state index contributed by atoms with van der Waals surface area (Å²) in [7, 11) is 1.52. The first kappa shape index (κ1) is 18.4. The van der Waals surface area contributed by atoms with E-state index in [0.29, 0.717) is 11.3 Å². The average molecular weight is 377 g/mol. The zero-order valence-electron chi connectivity index (χ0n) is 14.1. The van der Waals surface area contributed by atoms with Gasteiger partial charge in [0.15, 0.2) is 5.69 Å². The Bertz CT molecular complexity index is 949. The molecule has 0 bridgehead atoms. The van der Waals surface area contributed by atoms with Crippen molar-refractivity contribution in [3.63, 3.8) is 0 Å². The summed E-state index contributed by atoms with van der Waals surface area (Å²) >= 11 is 0. The van der Waals surface area contributed by atoms with Crippen molar-refractivity contribution in [1.82, 2.24) is 9.78 Å². The van der Waals surface area contributed by atoms with Crippen LogP contribution in [0.25, 0.3) is 11.3 Å². The van der Waals surface area contributed by atoms with E-state index in [1.165, 1.54) is 36.1 Å². The number of hydrogen-bond acceptors (Lipinski definition) is 4. The van der Waals surface area contributed by atoms with E-state index in [9.17, 15) is 23.3 Å². The number of ether oxygens (including phenoxy) is 1. The van der Waals surface area contributed by atoms with Gasteiger partial charge in [0, 0.05) is 17.7 Å². The second kappa shape index (κ2) is 7.10. The number of non-ortho nitro benzene ring substituents is 1. The van der Waals surface area contributed by atoms with E-state index in [1.54, 1.807) is 24.3 Å². The topological polar surface area (TPSA) is 70.2 Å². The van der Waals surface area contributed by atoms with Gasteiger partial charge in [-0.15, -0.1) is 0 Å². The van der Waals surface area contributed by atoms with Gasteiger partial charge in [0.05, 0.1) is 24.3 Å². The van der Waals surface area contributed by atoms with Crippen LogP contribution in [0, 0.1) is 10.1 Å². The van der Waals surface area contributed by atoms with Crippen LogP contribution >= 0.6 is 0 Å². The third-order valence-corrected chi connectivity index (χ3v) is 3.94. The van der Waals surface area contributed by atoms with Crippen molar-refractivity contribution < 1.29 is 22.8 Å². The van der Waals surface area contributed by atoms with E-state index in [4.69, 9.17) is 4.74 Å². The molecule has 2 aromatic carbocycles. The highest BCUT2D eigenvalue weighted by Gasteiger charge is 2.35. The lowest BCUT2D eigenvalue weighted by molar-refractivity contribution is -0.384. The van der Waals surface area contributed by atoms with Crippen LogP contribution in [0.1, 0.15) is 11.3 Å². The molecule has 0 spiro atoms. The van der Waals surface area contributed by atoms with Crippen LogP contribution in [0.3, 0.4) is 0 Å². The van der Waals surface area contributed by atoms with Gasteiger partial charge in [0.2, 0.25) is 0 Å². The van der Waals surface area contributed by atoms with E-state index in [2.05, 4.69) is 5.10 Å². The van der Waals surface area contributed by atoms with E-state index < -0.39 is 16.8 Å². The normalized spacial score (nSPS) is 11.4. The molecule has 0 aliphatic rings. The van der Waals surface area contributed by atoms with E-state index in [1.807, 2.05) is 0 Å². The number of nitro benzene ring substituents is 1. The molecule has 0 saturated heterocycles. The molecule has 1 heterocycles. The summed E-state index contributed by atoms with van der Waals surface area (Å²) in [4.78, 5) is 10.2. The SMILES string of the molecule is COc1ccc(Cn2nc(C(F)(F)F)cc2-c2ccc([N+](=O)[O-])cc2)cc1. The largest absolute Gasteiger partial charge is 0.497 e. The number of hydrogen-bond donors (Lipinski definition) is 0. The number of nitro groups is 1. The summed E-state index contributed by atoms with van der Waals surface area (Å²) in [5.41, 5.74) is 0.182. The molecule has 1 aromatic heterocycles. The molecule has 0 atom stereocenters. The van der Waals surface area contributed by atoms with E-state index in [-0.39, 0.29) is 17.9 Å². The van der Waals surface area contributed by atoms with Gasteiger partial charge in [-0.05, 0) is 35.9 Å². The van der Waals surface area contributed by atoms with Crippen LogP contribution in [-0.4, -0.2) is 21.8 Å². The zero-order valence-corrected chi connectivity index (χ0v) is 14.1. The Hall–Kier alpha value is -3.36. The van der Waals surface area contributed by atoms with E-state index >= 15 is 0 Å². The van der Waals surface area contributed by atoms with Crippen molar-refractivity contribution in [3.8, 4) is 17.0 Å². The number of benzene rings is 2. The van der Waals surface area contributed by atoms with Gasteiger partial charge in [-0.3, -0.25) is 14.8 Å². The molecule has 0 amide bonds. The predicted octanol–water partition coefficient (Wildman–Crippen LogP) is 4.53. The summed E-state index contributed by atoms with van der Waals surface area (Å²) in [5.74, 6) is 0.630. The maximum absolute atomic E-state index is 13.1. The van der Waals surface area contributed by atoms with Crippen molar-refractivity contribution in [3.05, 3.63) is 76.0 Å². The first-order valence-corrected chi connectivity index (χ1v) is 7.81. The second-order valence-corrected chi connectivity index (χ2v) is 5.72. The third-order valence-electron chi connectivity index (χ3n) is 3.94. The standard InChI is InChI=1S/C18H14F3N3O3/c1-27-15-8-2-12(3-9-15)11-23-16(10-17(22-23)18(19,20)21)13-4-6-14(7-5-13)24(25)26/h2-10H,11H2,1H3. The molecular weight excluding hydrogens is 363 g/mol. The zero-order chi connectivity index (χ0) is 19.6. The summed E-state index contributed by atoms with van der Waals surface area (Å²) < 4.78 is 45.7. The van der Waals surface area contributed by atoms with Crippen LogP contribution in [0.5, 0.6) is 5.75 Å². The molecular formula is C18H14F3N3O3. The van der Waals surface area contributed by atoms with Crippen molar-refractivity contribution in [2.45, 2.75) is 12.7 Å². The summed E-state index contributed by atoms with van der Waals surface area (Å²) in [6.07, 6.45) is -4.60. The van der Waals surface area contributed by atoms with Gasteiger partial charge in [-0.1, -0.05) is 12.1 Å². The van der Waals surface area contributed by atoms with Gasteiger partial charge in [-0.25, -0.2) is 0 Å². The molecule has 140 valence electrons. The lowest BCUT2D eigenvalue weighted by atomic mass is 10.1. The number of nitrogens with zero attached hydrogens (tertiary/aromatic N) is 3. The first-order valence-electron chi connectivity index (χ1n) is 7.81. The Morgan fingerprint density at radius 1 is 1.11 bits per heavy atom. The Morgan fingerprint density at radius 3 is 2.26 bits per heavy atom. The summed E-state index contributed by atoms with van der Waals surface area (Å²) in [6, 6.07) is 13.1. The molecule has 0 N–H and O–H groups in total. The van der Waals surface area contributed by atoms with Crippen LogP contribution in [-0.2, 0) is 12.7 Å². The van der Waals surface area contributed by atoms with Crippen molar-refractivity contribution in [2.75, 3.05) is 7.11 Å². The second-order valence-electron chi connectivity index (χ2n) is 5.72. The van der Waals surface area contributed by atoms with Gasteiger partial charge in [0.25, 0.3) is 5.69 Å². The number of rotatable bonds is 5. The highest BCUT2D eigenvalue weighted by Crippen LogP contribution is 2.32. The lowest BCUT2D eigenvalue weighted by Gasteiger charge is -2.09. The van der Waals surface area contributed by atoms with Gasteiger partial charge < -0.3 is 4.74 Å². The maximum atomic E-state index is 13.1. The fourth-order valence-corrected chi connectivity index (χ4v) is 2.57. The van der Waals surface area contributed by atoms with Crippen molar-refractivity contribution >= 4 is 5.69 Å². The van der Waals surface area contributed by atoms with Gasteiger partial charge in [-0.2, -0.15) is 18.3 Å². The van der Waals surface area contributed by atoms with Gasteiger partial charge >= 0.3 is 6.18 Å². The van der Waals surface area contributed by atoms with Crippen LogP contribution in [0.2, 0.25) is 0 Å².